The highest BCUT2D eigenvalue weighted by Crippen LogP contribution is 2.38. The fourth-order valence-electron chi connectivity index (χ4n) is 5.42. The quantitative estimate of drug-likeness (QED) is 0.443. The summed E-state index contributed by atoms with van der Waals surface area (Å²) in [6.07, 6.45) is 2.25. The van der Waals surface area contributed by atoms with Gasteiger partial charge in [-0.1, -0.05) is 18.2 Å². The molecular weight excluding hydrogens is 446 g/mol. The highest BCUT2D eigenvalue weighted by molar-refractivity contribution is 7.98. The highest BCUT2D eigenvalue weighted by atomic mass is 32.2. The first-order chi connectivity index (χ1) is 17.5. The second kappa shape index (κ2) is 10.4. The van der Waals surface area contributed by atoms with Gasteiger partial charge in [-0.15, -0.1) is 11.8 Å². The van der Waals surface area contributed by atoms with Crippen LogP contribution in [-0.4, -0.2) is 34.9 Å². The maximum Gasteiger partial charge on any atom is 0.254 e. The molecule has 4 rings (SSSR count). The van der Waals surface area contributed by atoms with Gasteiger partial charge in [-0.05, 0) is 70.7 Å². The molecule has 1 aliphatic rings. The fourth-order valence-corrected chi connectivity index (χ4v) is 5.95. The number of fused-ring (bicyclic) bond motifs is 1. The number of H-pyrrole nitrogens is 1. The molecule has 1 saturated carbocycles. The first-order valence-corrected chi connectivity index (χ1v) is 12.6. The van der Waals surface area contributed by atoms with Crippen molar-refractivity contribution in [3.05, 3.63) is 63.2 Å². The maximum atomic E-state index is 13.6. The Balaban J connectivity index is 1.63. The Kier molecular flexibility index (Phi) is 6.37. The monoisotopic (exact) mass is 484 g/mol. The van der Waals surface area contributed by atoms with Crippen molar-refractivity contribution in [2.45, 2.75) is 70.0 Å². The largest absolute Gasteiger partial charge is 0.381 e. The van der Waals surface area contributed by atoms with E-state index in [4.69, 9.17) is 8.85 Å². The van der Waals surface area contributed by atoms with Gasteiger partial charge >= 0.3 is 0 Å². The van der Waals surface area contributed by atoms with Crippen molar-refractivity contribution < 1.29 is 13.6 Å². The molecule has 6 nitrogen and oxygen atoms in total. The van der Waals surface area contributed by atoms with E-state index in [9.17, 15) is 9.59 Å². The zero-order valence-corrected chi connectivity index (χ0v) is 21.1. The molecule has 182 valence electrons. The van der Waals surface area contributed by atoms with E-state index in [0.717, 1.165) is 42.3 Å². The molecule has 7 heteroatoms. The zero-order chi connectivity index (χ0) is 26.9. The van der Waals surface area contributed by atoms with Crippen LogP contribution in [0.3, 0.4) is 0 Å². The number of hydrogen-bond acceptors (Lipinski definition) is 4. The smallest absolute Gasteiger partial charge is 0.254 e. The van der Waals surface area contributed by atoms with Crippen LogP contribution in [0.1, 0.15) is 70.1 Å². The SMILES string of the molecule is [2H]C([2H])([2H])Sc1cc(C)[nH]c(=O)c1CNC(=O)c1c(C)n([C@H](C)C2CCC(OC)CC2)c2ccccc12. The molecule has 0 aliphatic heterocycles. The summed E-state index contributed by atoms with van der Waals surface area (Å²) < 4.78 is 30.7. The van der Waals surface area contributed by atoms with Gasteiger partial charge in [-0.2, -0.15) is 0 Å². The lowest BCUT2D eigenvalue weighted by atomic mass is 9.83. The number of aromatic nitrogens is 2. The number of aryl methyl sites for hydroxylation is 1. The van der Waals surface area contributed by atoms with Crippen molar-refractivity contribution in [2.75, 3.05) is 13.3 Å². The second-order valence-corrected chi connectivity index (χ2v) is 9.91. The van der Waals surface area contributed by atoms with Crippen LogP contribution in [0.25, 0.3) is 10.9 Å². The molecule has 2 N–H and O–H groups in total. The molecular formula is C27H35N3O3S. The van der Waals surface area contributed by atoms with E-state index >= 15 is 0 Å². The zero-order valence-electron chi connectivity index (χ0n) is 23.2. The van der Waals surface area contributed by atoms with Crippen LogP contribution in [0.4, 0.5) is 0 Å². The van der Waals surface area contributed by atoms with E-state index < -0.39 is 11.7 Å². The molecule has 0 radical (unpaired) electrons. The summed E-state index contributed by atoms with van der Waals surface area (Å²) in [5.74, 6) is 0.204. The number of rotatable bonds is 7. The third kappa shape index (κ3) is 4.68. The Hall–Kier alpha value is -2.51. The molecule has 2 aromatic heterocycles. The number of hydrogen-bond donors (Lipinski definition) is 2. The van der Waals surface area contributed by atoms with Crippen LogP contribution in [0.5, 0.6) is 0 Å². The molecule has 1 aliphatic carbocycles. The number of pyridine rings is 1. The normalized spacial score (nSPS) is 21.0. The topological polar surface area (TPSA) is 76.1 Å². The minimum absolute atomic E-state index is 0.0671. The third-order valence-electron chi connectivity index (χ3n) is 7.29. The molecule has 1 aromatic carbocycles. The molecule has 1 atom stereocenters. The predicted octanol–water partition coefficient (Wildman–Crippen LogP) is 5.36. The minimum atomic E-state index is -2.30. The summed E-state index contributed by atoms with van der Waals surface area (Å²) in [6, 6.07) is 9.76. The Bertz CT molecular complexity index is 1340. The van der Waals surface area contributed by atoms with Crippen LogP contribution in [-0.2, 0) is 11.3 Å². The van der Waals surface area contributed by atoms with Crippen LogP contribution in [0.15, 0.2) is 40.0 Å². The number of nitrogens with zero attached hydrogens (tertiary/aromatic N) is 1. The first kappa shape index (κ1) is 20.8. The van der Waals surface area contributed by atoms with Crippen molar-refractivity contribution in [1.82, 2.24) is 14.9 Å². The van der Waals surface area contributed by atoms with Gasteiger partial charge < -0.3 is 19.6 Å². The number of methoxy groups -OCH3 is 1. The van der Waals surface area contributed by atoms with E-state index in [2.05, 4.69) is 21.8 Å². The summed E-state index contributed by atoms with van der Waals surface area (Å²) in [5.41, 5.74) is 2.89. The van der Waals surface area contributed by atoms with Crippen molar-refractivity contribution in [3.8, 4) is 0 Å². The molecule has 2 heterocycles. The molecule has 1 amide bonds. The van der Waals surface area contributed by atoms with E-state index in [-0.39, 0.29) is 24.1 Å². The van der Waals surface area contributed by atoms with Crippen LogP contribution >= 0.6 is 11.8 Å². The van der Waals surface area contributed by atoms with Gasteiger partial charge in [-0.3, -0.25) is 9.59 Å². The number of amides is 1. The van der Waals surface area contributed by atoms with Gasteiger partial charge in [-0.25, -0.2) is 0 Å². The lowest BCUT2D eigenvalue weighted by Crippen LogP contribution is -2.29. The molecule has 34 heavy (non-hydrogen) atoms. The Morgan fingerprint density at radius 1 is 1.29 bits per heavy atom. The molecule has 0 bridgehead atoms. The van der Waals surface area contributed by atoms with E-state index in [0.29, 0.717) is 39.9 Å². The molecule has 1 fully saturated rings. The average Bonchev–Trinajstić information content (AvgIpc) is 3.13. The average molecular weight is 485 g/mol. The molecule has 0 spiro atoms. The van der Waals surface area contributed by atoms with E-state index in [1.165, 1.54) is 0 Å². The van der Waals surface area contributed by atoms with Gasteiger partial charge in [0.05, 0.1) is 11.7 Å². The number of carbonyl (C=O) groups is 1. The van der Waals surface area contributed by atoms with Crippen LogP contribution in [0.2, 0.25) is 0 Å². The molecule has 3 aromatic rings. The van der Waals surface area contributed by atoms with Crippen molar-refractivity contribution in [1.29, 1.82) is 0 Å². The van der Waals surface area contributed by atoms with Gasteiger partial charge in [0.2, 0.25) is 0 Å². The Labute approximate surface area is 209 Å². The number of carbonyl (C=O) groups excluding carboxylic acids is 1. The number of para-hydroxylation sites is 1. The van der Waals surface area contributed by atoms with Crippen molar-refractivity contribution in [3.63, 3.8) is 0 Å². The number of thioether (sulfide) groups is 1. The van der Waals surface area contributed by atoms with Crippen LogP contribution < -0.4 is 10.9 Å². The Morgan fingerprint density at radius 2 is 2.03 bits per heavy atom. The number of benzene rings is 1. The number of aromatic amines is 1. The van der Waals surface area contributed by atoms with Gasteiger partial charge in [0.25, 0.3) is 11.5 Å². The summed E-state index contributed by atoms with van der Waals surface area (Å²) in [4.78, 5) is 29.3. The van der Waals surface area contributed by atoms with Gasteiger partial charge in [0.1, 0.15) is 0 Å². The standard InChI is InChI=1S/C27H35N3O3S/c1-16-14-24(34-5)22(26(31)29-16)15-28-27(32)25-18(3)30(23-9-7-6-8-21(23)25)17(2)19-10-12-20(33-4)13-11-19/h6-9,14,17,19-20H,10-13,15H2,1-5H3,(H,28,32)(H,29,31)/t17-,19?,20?/m1/s1/i5D3. The summed E-state index contributed by atoms with van der Waals surface area (Å²) >= 11 is 0.650. The maximum absolute atomic E-state index is 13.6. The number of nitrogens with one attached hydrogen (secondary N) is 2. The lowest BCUT2D eigenvalue weighted by Gasteiger charge is -2.33. The fraction of sp³-hybridized carbons (Fsp3) is 0.481. The number of ether oxygens (including phenoxy) is 1. The van der Waals surface area contributed by atoms with E-state index in [1.807, 2.05) is 31.2 Å². The van der Waals surface area contributed by atoms with Crippen LogP contribution in [0, 0.1) is 19.8 Å². The third-order valence-corrected chi connectivity index (χ3v) is 7.87. The van der Waals surface area contributed by atoms with Gasteiger partial charge in [0.15, 0.2) is 0 Å². The lowest BCUT2D eigenvalue weighted by molar-refractivity contribution is 0.0492. The van der Waals surface area contributed by atoms with Gasteiger partial charge in [0, 0.05) is 56.6 Å². The highest BCUT2D eigenvalue weighted by Gasteiger charge is 2.29. The Morgan fingerprint density at radius 3 is 2.74 bits per heavy atom. The second-order valence-electron chi connectivity index (χ2n) is 9.27. The predicted molar refractivity (Wildman–Crippen MR) is 139 cm³/mol. The summed E-state index contributed by atoms with van der Waals surface area (Å²) in [7, 11) is 1.78. The molecule has 0 saturated heterocycles. The van der Waals surface area contributed by atoms with E-state index in [1.54, 1.807) is 20.1 Å². The first-order valence-electron chi connectivity index (χ1n) is 13.3. The summed E-state index contributed by atoms with van der Waals surface area (Å²) in [6.45, 7) is 5.83. The molecule has 0 unspecified atom stereocenters. The van der Waals surface area contributed by atoms with Crippen molar-refractivity contribution in [2.24, 2.45) is 5.92 Å². The minimum Gasteiger partial charge on any atom is -0.381 e. The van der Waals surface area contributed by atoms with Crippen molar-refractivity contribution >= 4 is 28.6 Å². The summed E-state index contributed by atoms with van der Waals surface area (Å²) in [5, 5.41) is 3.76.